The fourth-order valence-electron chi connectivity index (χ4n) is 6.21. The van der Waals surface area contributed by atoms with Crippen LogP contribution in [0.2, 0.25) is 0 Å². The summed E-state index contributed by atoms with van der Waals surface area (Å²) in [7, 11) is 0. The van der Waals surface area contributed by atoms with Crippen LogP contribution in [0.25, 0.3) is 0 Å². The van der Waals surface area contributed by atoms with Crippen molar-refractivity contribution in [3.8, 4) is 0 Å². The molecule has 0 saturated carbocycles. The standard InChI is InChI=1S/C38H60O/c1-11-12-13-14-16-19-30-22-24-32(25-23-30)33(37(6,7)8)26-29(2)35(39)28-38(9,10)34(27-36(3,4)5)31-20-17-15-18-21-31/h15,17-18,20-25,29,33-34H,11-14,16,19,26-28H2,1-10H3. The SMILES string of the molecule is CCCCCCCc1ccc(C(CC(C)C(=O)CC(C)(C)C(CC(C)(C)C)c2ccccc2)C(C)(C)C)cc1. The van der Waals surface area contributed by atoms with Crippen LogP contribution >= 0.6 is 0 Å². The second kappa shape index (κ2) is 14.7. The third kappa shape index (κ3) is 11.3. The Morgan fingerprint density at radius 3 is 1.82 bits per heavy atom. The summed E-state index contributed by atoms with van der Waals surface area (Å²) in [6, 6.07) is 20.2. The van der Waals surface area contributed by atoms with Crippen LogP contribution in [0.1, 0.15) is 149 Å². The minimum absolute atomic E-state index is 0.0396. The van der Waals surface area contributed by atoms with E-state index in [0.717, 1.165) is 12.8 Å². The van der Waals surface area contributed by atoms with Crippen LogP contribution in [0, 0.1) is 22.2 Å². The first-order valence-corrected chi connectivity index (χ1v) is 15.8. The molecule has 0 aliphatic carbocycles. The molecule has 39 heavy (non-hydrogen) atoms. The monoisotopic (exact) mass is 532 g/mol. The Morgan fingerprint density at radius 1 is 0.718 bits per heavy atom. The zero-order valence-corrected chi connectivity index (χ0v) is 27.2. The second-order valence-corrected chi connectivity index (χ2v) is 15.3. The number of carbonyl (C=O) groups is 1. The van der Waals surface area contributed by atoms with Crippen LogP contribution < -0.4 is 0 Å². The fraction of sp³-hybridized carbons (Fsp3) is 0.658. The van der Waals surface area contributed by atoms with Gasteiger partial charge < -0.3 is 0 Å². The average Bonchev–Trinajstić information content (AvgIpc) is 2.85. The predicted molar refractivity (Wildman–Crippen MR) is 172 cm³/mol. The number of rotatable bonds is 15. The lowest BCUT2D eigenvalue weighted by atomic mass is 9.65. The second-order valence-electron chi connectivity index (χ2n) is 15.3. The van der Waals surface area contributed by atoms with Crippen molar-refractivity contribution in [2.24, 2.45) is 22.2 Å². The molecule has 1 nitrogen and oxygen atoms in total. The lowest BCUT2D eigenvalue weighted by Gasteiger charge is -2.39. The summed E-state index contributed by atoms with van der Waals surface area (Å²) in [6.07, 6.45) is 10.4. The van der Waals surface area contributed by atoms with E-state index in [1.54, 1.807) is 0 Å². The van der Waals surface area contributed by atoms with E-state index in [-0.39, 0.29) is 22.2 Å². The highest BCUT2D eigenvalue weighted by Crippen LogP contribution is 2.47. The molecule has 3 unspecified atom stereocenters. The van der Waals surface area contributed by atoms with Gasteiger partial charge in [-0.05, 0) is 70.5 Å². The van der Waals surface area contributed by atoms with E-state index in [4.69, 9.17) is 0 Å². The van der Waals surface area contributed by atoms with E-state index in [1.807, 2.05) is 0 Å². The number of ketones is 1. The topological polar surface area (TPSA) is 17.1 Å². The Hall–Kier alpha value is -1.89. The van der Waals surface area contributed by atoms with E-state index in [2.05, 4.69) is 124 Å². The Kier molecular flexibility index (Phi) is 12.5. The summed E-state index contributed by atoms with van der Waals surface area (Å²) in [6.45, 7) is 23.0. The number of Topliss-reactive ketones (excluding diaryl/α,β-unsaturated/α-hetero) is 1. The summed E-state index contributed by atoms with van der Waals surface area (Å²) in [5, 5.41) is 0. The third-order valence-corrected chi connectivity index (χ3v) is 8.73. The molecule has 0 amide bonds. The summed E-state index contributed by atoms with van der Waals surface area (Å²) in [5.41, 5.74) is 4.38. The Balaban J connectivity index is 2.13. The number of hydrogen-bond donors (Lipinski definition) is 0. The number of carbonyl (C=O) groups excluding carboxylic acids is 1. The van der Waals surface area contributed by atoms with Crippen molar-refractivity contribution in [3.63, 3.8) is 0 Å². The summed E-state index contributed by atoms with van der Waals surface area (Å²) in [5.74, 6) is 1.16. The molecule has 2 rings (SSSR count). The first kappa shape index (κ1) is 33.3. The molecular formula is C38H60O. The number of hydrogen-bond acceptors (Lipinski definition) is 1. The highest BCUT2D eigenvalue weighted by atomic mass is 16.1. The smallest absolute Gasteiger partial charge is 0.136 e. The molecule has 0 aliphatic rings. The van der Waals surface area contributed by atoms with Crippen molar-refractivity contribution in [2.75, 3.05) is 0 Å². The van der Waals surface area contributed by atoms with Gasteiger partial charge >= 0.3 is 0 Å². The predicted octanol–water partition coefficient (Wildman–Crippen LogP) is 11.6. The highest BCUT2D eigenvalue weighted by Gasteiger charge is 2.37. The minimum Gasteiger partial charge on any atom is -0.299 e. The molecule has 0 aliphatic heterocycles. The number of unbranched alkanes of at least 4 members (excludes halogenated alkanes) is 4. The van der Waals surface area contributed by atoms with Crippen molar-refractivity contribution >= 4 is 5.78 Å². The van der Waals surface area contributed by atoms with Gasteiger partial charge in [0.05, 0.1) is 0 Å². The summed E-state index contributed by atoms with van der Waals surface area (Å²) >= 11 is 0. The molecule has 0 radical (unpaired) electrons. The van der Waals surface area contributed by atoms with Crippen LogP contribution in [0.5, 0.6) is 0 Å². The van der Waals surface area contributed by atoms with Crippen molar-refractivity contribution in [3.05, 3.63) is 71.3 Å². The zero-order valence-electron chi connectivity index (χ0n) is 27.2. The molecule has 0 heterocycles. The Bertz CT molecular complexity index is 968. The van der Waals surface area contributed by atoms with Crippen LogP contribution in [-0.2, 0) is 11.2 Å². The van der Waals surface area contributed by atoms with Crippen molar-refractivity contribution in [1.82, 2.24) is 0 Å². The molecule has 0 aromatic heterocycles. The molecule has 2 aromatic carbocycles. The maximum Gasteiger partial charge on any atom is 0.136 e. The largest absolute Gasteiger partial charge is 0.299 e. The summed E-state index contributed by atoms with van der Waals surface area (Å²) in [4.78, 5) is 13.8. The van der Waals surface area contributed by atoms with Crippen molar-refractivity contribution < 1.29 is 4.79 Å². The van der Waals surface area contributed by atoms with Gasteiger partial charge in [-0.15, -0.1) is 0 Å². The van der Waals surface area contributed by atoms with E-state index < -0.39 is 0 Å². The van der Waals surface area contributed by atoms with Gasteiger partial charge in [0.2, 0.25) is 0 Å². The molecule has 3 atom stereocenters. The third-order valence-electron chi connectivity index (χ3n) is 8.73. The van der Waals surface area contributed by atoms with Gasteiger partial charge in [-0.25, -0.2) is 0 Å². The first-order valence-electron chi connectivity index (χ1n) is 15.8. The molecule has 0 N–H and O–H groups in total. The van der Waals surface area contributed by atoms with E-state index in [1.165, 1.54) is 55.2 Å². The zero-order chi connectivity index (χ0) is 29.3. The van der Waals surface area contributed by atoms with Crippen LogP contribution in [0.4, 0.5) is 0 Å². The molecular weight excluding hydrogens is 472 g/mol. The molecule has 2 aromatic rings. The van der Waals surface area contributed by atoms with Gasteiger partial charge in [-0.3, -0.25) is 4.79 Å². The van der Waals surface area contributed by atoms with Crippen molar-refractivity contribution in [2.45, 2.75) is 139 Å². The average molecular weight is 533 g/mol. The number of aryl methyl sites for hydroxylation is 1. The normalized spacial score (nSPS) is 15.1. The molecule has 0 spiro atoms. The van der Waals surface area contributed by atoms with Crippen LogP contribution in [0.3, 0.4) is 0 Å². The van der Waals surface area contributed by atoms with Gasteiger partial charge in [0.25, 0.3) is 0 Å². The maximum absolute atomic E-state index is 13.8. The summed E-state index contributed by atoms with van der Waals surface area (Å²) < 4.78 is 0. The van der Waals surface area contributed by atoms with Gasteiger partial charge in [-0.1, -0.05) is 150 Å². The lowest BCUT2D eigenvalue weighted by molar-refractivity contribution is -0.125. The van der Waals surface area contributed by atoms with Gasteiger partial charge in [0.15, 0.2) is 0 Å². The molecule has 218 valence electrons. The van der Waals surface area contributed by atoms with Crippen molar-refractivity contribution in [1.29, 1.82) is 0 Å². The molecule has 0 fully saturated rings. The van der Waals surface area contributed by atoms with E-state index in [0.29, 0.717) is 24.0 Å². The minimum atomic E-state index is -0.101. The van der Waals surface area contributed by atoms with Gasteiger partial charge in [-0.2, -0.15) is 0 Å². The fourth-order valence-corrected chi connectivity index (χ4v) is 6.21. The quantitative estimate of drug-likeness (QED) is 0.208. The molecule has 0 saturated heterocycles. The van der Waals surface area contributed by atoms with Crippen LogP contribution in [-0.4, -0.2) is 5.78 Å². The van der Waals surface area contributed by atoms with E-state index >= 15 is 0 Å². The highest BCUT2D eigenvalue weighted by molar-refractivity contribution is 5.81. The molecule has 0 bridgehead atoms. The van der Waals surface area contributed by atoms with Gasteiger partial charge in [0.1, 0.15) is 5.78 Å². The Labute approximate surface area is 242 Å². The van der Waals surface area contributed by atoms with Gasteiger partial charge in [0, 0.05) is 12.3 Å². The lowest BCUT2D eigenvalue weighted by Crippen LogP contribution is -2.31. The molecule has 1 heteroatoms. The van der Waals surface area contributed by atoms with E-state index in [9.17, 15) is 4.79 Å². The van der Waals surface area contributed by atoms with Crippen LogP contribution in [0.15, 0.2) is 54.6 Å². The maximum atomic E-state index is 13.8. The first-order chi connectivity index (χ1) is 18.1. The number of benzene rings is 2. The Morgan fingerprint density at radius 2 is 1.28 bits per heavy atom.